The Labute approximate surface area is 133 Å². The average Bonchev–Trinajstić information content (AvgIpc) is 2.42. The third kappa shape index (κ3) is 10.7. The number of nitrogens with zero attached hydrogens (tertiary/aromatic N) is 1. The van der Waals surface area contributed by atoms with Gasteiger partial charge in [0.25, 0.3) is 0 Å². The van der Waals surface area contributed by atoms with Crippen molar-refractivity contribution in [2.45, 2.75) is 65.4 Å². The normalized spacial score (nSPS) is 14.2. The van der Waals surface area contributed by atoms with Crippen molar-refractivity contribution in [1.29, 1.82) is 0 Å². The molecular weight excluding hydrogens is 258 g/mol. The zero-order valence-electron chi connectivity index (χ0n) is 15.1. The van der Waals surface area contributed by atoms with Crippen LogP contribution in [0.2, 0.25) is 0 Å². The van der Waals surface area contributed by atoms with Crippen LogP contribution >= 0.6 is 0 Å². The number of rotatable bonds is 13. The first kappa shape index (κ1) is 20.4. The lowest BCUT2D eigenvalue weighted by atomic mass is 9.91. The second kappa shape index (κ2) is 12.0. The number of unbranched alkanes of at least 4 members (excludes halogenated alkanes) is 1. The van der Waals surface area contributed by atoms with Gasteiger partial charge in [-0.2, -0.15) is 0 Å². The van der Waals surface area contributed by atoms with Gasteiger partial charge in [-0.05, 0) is 59.2 Å². The molecule has 0 fully saturated rings. The molecule has 0 saturated heterocycles. The second-order valence-electron chi connectivity index (χ2n) is 6.60. The minimum atomic E-state index is 0.183. The molecule has 2 nitrogen and oxygen atoms in total. The summed E-state index contributed by atoms with van der Waals surface area (Å²) in [5, 5.41) is 0. The maximum absolute atomic E-state index is 6.00. The fraction of sp³-hybridized carbons (Fsp3) is 0.789. The monoisotopic (exact) mass is 295 g/mol. The maximum atomic E-state index is 6.00. The molecule has 0 amide bonds. The Morgan fingerprint density at radius 1 is 1.14 bits per heavy atom. The predicted octanol–water partition coefficient (Wildman–Crippen LogP) is 5.06. The molecule has 2 atom stereocenters. The minimum Gasteiger partial charge on any atom is -0.374 e. The van der Waals surface area contributed by atoms with Gasteiger partial charge in [-0.1, -0.05) is 51.0 Å². The number of allylic oxidation sites excluding steroid dienone is 1. The van der Waals surface area contributed by atoms with E-state index < -0.39 is 0 Å². The third-order valence-corrected chi connectivity index (χ3v) is 4.03. The van der Waals surface area contributed by atoms with E-state index in [1.807, 2.05) is 0 Å². The molecule has 0 aromatic rings. The van der Waals surface area contributed by atoms with E-state index in [2.05, 4.69) is 52.9 Å². The minimum absolute atomic E-state index is 0.183. The van der Waals surface area contributed by atoms with Crippen molar-refractivity contribution < 1.29 is 4.74 Å². The van der Waals surface area contributed by atoms with E-state index in [0.29, 0.717) is 5.92 Å². The van der Waals surface area contributed by atoms with Crippen LogP contribution in [-0.2, 0) is 4.74 Å². The van der Waals surface area contributed by atoms with Crippen LogP contribution in [0.3, 0.4) is 0 Å². The van der Waals surface area contributed by atoms with Crippen molar-refractivity contribution in [2.75, 3.05) is 27.2 Å². The summed E-state index contributed by atoms with van der Waals surface area (Å²) in [5.74, 6) is 0.629. The van der Waals surface area contributed by atoms with Crippen LogP contribution in [0.1, 0.15) is 59.3 Å². The lowest BCUT2D eigenvalue weighted by Gasteiger charge is -2.21. The molecule has 2 heteroatoms. The topological polar surface area (TPSA) is 12.5 Å². The first-order valence-corrected chi connectivity index (χ1v) is 8.47. The van der Waals surface area contributed by atoms with Crippen LogP contribution in [0.4, 0.5) is 0 Å². The van der Waals surface area contributed by atoms with Crippen molar-refractivity contribution in [3.8, 4) is 0 Å². The van der Waals surface area contributed by atoms with Crippen molar-refractivity contribution in [1.82, 2.24) is 4.90 Å². The molecule has 0 bridgehead atoms. The van der Waals surface area contributed by atoms with E-state index >= 15 is 0 Å². The Bertz CT molecular complexity index is 296. The average molecular weight is 296 g/mol. The van der Waals surface area contributed by atoms with E-state index in [0.717, 1.165) is 38.0 Å². The fourth-order valence-corrected chi connectivity index (χ4v) is 2.36. The van der Waals surface area contributed by atoms with Gasteiger partial charge >= 0.3 is 0 Å². The van der Waals surface area contributed by atoms with Crippen molar-refractivity contribution >= 4 is 0 Å². The standard InChI is InChI=1S/C19H37NO/c1-8-9-11-17(4)18(5)12-13-19(16(2)3)21-15-10-14-20(6)7/h17,19H,2,5,8-15H2,1,3-4,6-7H3. The van der Waals surface area contributed by atoms with Crippen LogP contribution in [-0.4, -0.2) is 38.3 Å². The van der Waals surface area contributed by atoms with Crippen LogP contribution < -0.4 is 0 Å². The largest absolute Gasteiger partial charge is 0.374 e. The second-order valence-corrected chi connectivity index (χ2v) is 6.60. The van der Waals surface area contributed by atoms with Gasteiger partial charge in [0.05, 0.1) is 6.10 Å². The number of hydrogen-bond donors (Lipinski definition) is 0. The Kier molecular flexibility index (Phi) is 11.7. The fourth-order valence-electron chi connectivity index (χ4n) is 2.36. The van der Waals surface area contributed by atoms with Gasteiger partial charge in [0, 0.05) is 6.61 Å². The van der Waals surface area contributed by atoms with E-state index in [1.165, 1.54) is 24.8 Å². The zero-order chi connectivity index (χ0) is 16.3. The molecule has 124 valence electrons. The molecule has 0 aliphatic carbocycles. The zero-order valence-corrected chi connectivity index (χ0v) is 15.1. The van der Waals surface area contributed by atoms with Crippen molar-refractivity contribution in [3.05, 3.63) is 24.3 Å². The van der Waals surface area contributed by atoms with Crippen LogP contribution in [0, 0.1) is 5.92 Å². The smallest absolute Gasteiger partial charge is 0.0782 e. The molecule has 0 spiro atoms. The van der Waals surface area contributed by atoms with Gasteiger partial charge in [-0.25, -0.2) is 0 Å². The summed E-state index contributed by atoms with van der Waals surface area (Å²) < 4.78 is 6.00. The maximum Gasteiger partial charge on any atom is 0.0782 e. The molecule has 0 aliphatic heterocycles. The Morgan fingerprint density at radius 2 is 1.81 bits per heavy atom. The Morgan fingerprint density at radius 3 is 2.33 bits per heavy atom. The van der Waals surface area contributed by atoms with Crippen molar-refractivity contribution in [3.63, 3.8) is 0 Å². The van der Waals surface area contributed by atoms with Gasteiger partial charge < -0.3 is 9.64 Å². The molecule has 0 rings (SSSR count). The highest BCUT2D eigenvalue weighted by Gasteiger charge is 2.13. The molecule has 0 heterocycles. The number of hydrogen-bond acceptors (Lipinski definition) is 2. The Hall–Kier alpha value is -0.600. The molecule has 0 aliphatic rings. The molecule has 0 saturated carbocycles. The highest BCUT2D eigenvalue weighted by atomic mass is 16.5. The third-order valence-electron chi connectivity index (χ3n) is 4.03. The molecule has 21 heavy (non-hydrogen) atoms. The quantitative estimate of drug-likeness (QED) is 0.348. The first-order valence-electron chi connectivity index (χ1n) is 8.47. The predicted molar refractivity (Wildman–Crippen MR) is 94.8 cm³/mol. The summed E-state index contributed by atoms with van der Waals surface area (Å²) in [6.45, 7) is 16.8. The van der Waals surface area contributed by atoms with Gasteiger partial charge in [-0.15, -0.1) is 0 Å². The van der Waals surface area contributed by atoms with E-state index in [1.54, 1.807) is 0 Å². The highest BCUT2D eigenvalue weighted by molar-refractivity contribution is 5.04. The van der Waals surface area contributed by atoms with Gasteiger partial charge in [0.1, 0.15) is 0 Å². The van der Waals surface area contributed by atoms with Gasteiger partial charge in [0.2, 0.25) is 0 Å². The first-order chi connectivity index (χ1) is 9.88. The van der Waals surface area contributed by atoms with Gasteiger partial charge in [0.15, 0.2) is 0 Å². The van der Waals surface area contributed by atoms with Gasteiger partial charge in [-0.3, -0.25) is 0 Å². The molecule has 2 unspecified atom stereocenters. The molecule has 0 aromatic heterocycles. The highest BCUT2D eigenvalue weighted by Crippen LogP contribution is 2.23. The van der Waals surface area contributed by atoms with Crippen LogP contribution in [0.15, 0.2) is 24.3 Å². The summed E-state index contributed by atoms with van der Waals surface area (Å²) in [5.41, 5.74) is 2.50. The van der Waals surface area contributed by atoms with Crippen LogP contribution in [0.25, 0.3) is 0 Å². The van der Waals surface area contributed by atoms with E-state index in [4.69, 9.17) is 4.74 Å². The van der Waals surface area contributed by atoms with Crippen molar-refractivity contribution in [2.24, 2.45) is 5.92 Å². The molecular formula is C19H37NO. The summed E-state index contributed by atoms with van der Waals surface area (Å²) in [6, 6.07) is 0. The van der Waals surface area contributed by atoms with E-state index in [-0.39, 0.29) is 6.10 Å². The molecule has 0 N–H and O–H groups in total. The Balaban J connectivity index is 4.03. The molecule has 0 radical (unpaired) electrons. The summed E-state index contributed by atoms with van der Waals surface area (Å²) >= 11 is 0. The lowest BCUT2D eigenvalue weighted by molar-refractivity contribution is 0.0667. The molecule has 0 aromatic carbocycles. The summed E-state index contributed by atoms with van der Waals surface area (Å²) in [6.07, 6.45) is 7.15. The van der Waals surface area contributed by atoms with Crippen LogP contribution in [0.5, 0.6) is 0 Å². The summed E-state index contributed by atoms with van der Waals surface area (Å²) in [4.78, 5) is 2.19. The number of ether oxygens (including phenoxy) is 1. The van der Waals surface area contributed by atoms with E-state index in [9.17, 15) is 0 Å². The SMILES string of the molecule is C=C(CCC(OCCCN(C)C)C(=C)C)C(C)CCCC. The summed E-state index contributed by atoms with van der Waals surface area (Å²) in [7, 11) is 4.19. The lowest BCUT2D eigenvalue weighted by Crippen LogP contribution is -2.19.